The lowest BCUT2D eigenvalue weighted by Crippen LogP contribution is -2.35. The fourth-order valence-electron chi connectivity index (χ4n) is 3.13. The van der Waals surface area contributed by atoms with E-state index in [9.17, 15) is 4.79 Å². The van der Waals surface area contributed by atoms with Crippen molar-refractivity contribution in [3.63, 3.8) is 0 Å². The summed E-state index contributed by atoms with van der Waals surface area (Å²) in [4.78, 5) is 15.2. The summed E-state index contributed by atoms with van der Waals surface area (Å²) in [6, 6.07) is 15.3. The molecule has 1 heterocycles. The highest BCUT2D eigenvalue weighted by Crippen LogP contribution is 2.27. The van der Waals surface area contributed by atoms with Crippen LogP contribution in [0.3, 0.4) is 0 Å². The minimum Gasteiger partial charge on any atom is -0.324 e. The molecule has 3 rings (SSSR count). The Kier molecular flexibility index (Phi) is 4.99. The van der Waals surface area contributed by atoms with Crippen LogP contribution in [-0.4, -0.2) is 23.9 Å². The topological polar surface area (TPSA) is 32.3 Å². The van der Waals surface area contributed by atoms with Gasteiger partial charge in [-0.2, -0.15) is 0 Å². The molecule has 0 saturated carbocycles. The number of aryl methyl sites for hydroxylation is 1. The van der Waals surface area contributed by atoms with Crippen LogP contribution in [0, 0.1) is 6.92 Å². The second-order valence-corrected chi connectivity index (χ2v) is 6.44. The summed E-state index contributed by atoms with van der Waals surface area (Å²) >= 11 is 5.99. The first kappa shape index (κ1) is 16.0. The first-order valence-corrected chi connectivity index (χ1v) is 8.39. The standard InChI is InChI=1S/C19H21ClN2O/c1-14-13-16(20)9-10-17(14)21-19(23)18(22-11-5-6-12-22)15-7-3-2-4-8-15/h2-4,7-10,13,18H,5-6,11-12H2,1H3,(H,21,23). The van der Waals surface area contributed by atoms with E-state index in [1.807, 2.05) is 49.4 Å². The highest BCUT2D eigenvalue weighted by atomic mass is 35.5. The van der Waals surface area contributed by atoms with Gasteiger partial charge >= 0.3 is 0 Å². The Morgan fingerprint density at radius 3 is 2.48 bits per heavy atom. The minimum absolute atomic E-state index is 0.0172. The number of nitrogens with one attached hydrogen (secondary N) is 1. The molecule has 1 aliphatic heterocycles. The van der Waals surface area contributed by atoms with Gasteiger partial charge in [0.1, 0.15) is 6.04 Å². The number of likely N-dealkylation sites (tertiary alicyclic amines) is 1. The van der Waals surface area contributed by atoms with Crippen molar-refractivity contribution >= 4 is 23.2 Å². The number of benzene rings is 2. The molecule has 0 aliphatic carbocycles. The lowest BCUT2D eigenvalue weighted by molar-refractivity contribution is -0.121. The van der Waals surface area contributed by atoms with Gasteiger partial charge in [-0.3, -0.25) is 9.69 Å². The third-order valence-electron chi connectivity index (χ3n) is 4.32. The first-order valence-electron chi connectivity index (χ1n) is 8.01. The highest BCUT2D eigenvalue weighted by molar-refractivity contribution is 6.30. The van der Waals surface area contributed by atoms with E-state index in [0.29, 0.717) is 5.02 Å². The van der Waals surface area contributed by atoms with Gasteiger partial charge in [0.15, 0.2) is 0 Å². The zero-order valence-corrected chi connectivity index (χ0v) is 14.0. The van der Waals surface area contributed by atoms with Crippen LogP contribution in [0.2, 0.25) is 5.02 Å². The van der Waals surface area contributed by atoms with Gasteiger partial charge in [0.2, 0.25) is 5.91 Å². The molecule has 2 aromatic rings. The van der Waals surface area contributed by atoms with Crippen molar-refractivity contribution in [2.75, 3.05) is 18.4 Å². The Labute approximate surface area is 142 Å². The predicted octanol–water partition coefficient (Wildman–Crippen LogP) is 4.42. The SMILES string of the molecule is Cc1cc(Cl)ccc1NC(=O)C(c1ccccc1)N1CCCC1. The van der Waals surface area contributed by atoms with Gasteiger partial charge in [-0.1, -0.05) is 41.9 Å². The van der Waals surface area contributed by atoms with Gasteiger partial charge < -0.3 is 5.32 Å². The van der Waals surface area contributed by atoms with Crippen molar-refractivity contribution in [3.8, 4) is 0 Å². The van der Waals surface area contributed by atoms with Crippen LogP contribution in [-0.2, 0) is 4.79 Å². The van der Waals surface area contributed by atoms with Gasteiger partial charge in [0, 0.05) is 10.7 Å². The molecule has 3 nitrogen and oxygen atoms in total. The number of amides is 1. The van der Waals surface area contributed by atoms with E-state index in [1.165, 1.54) is 0 Å². The molecule has 1 aliphatic rings. The van der Waals surface area contributed by atoms with Crippen LogP contribution in [0.1, 0.15) is 30.0 Å². The number of carbonyl (C=O) groups is 1. The molecule has 1 saturated heterocycles. The normalized spacial score (nSPS) is 16.3. The third kappa shape index (κ3) is 3.74. The van der Waals surface area contributed by atoms with Crippen LogP contribution in [0.15, 0.2) is 48.5 Å². The van der Waals surface area contributed by atoms with E-state index in [2.05, 4.69) is 10.2 Å². The molecule has 23 heavy (non-hydrogen) atoms. The lowest BCUT2D eigenvalue weighted by Gasteiger charge is -2.27. The van der Waals surface area contributed by atoms with E-state index < -0.39 is 0 Å². The van der Waals surface area contributed by atoms with E-state index in [4.69, 9.17) is 11.6 Å². The van der Waals surface area contributed by atoms with Gasteiger partial charge in [-0.15, -0.1) is 0 Å². The summed E-state index contributed by atoms with van der Waals surface area (Å²) in [7, 11) is 0. The van der Waals surface area contributed by atoms with Crippen molar-refractivity contribution in [1.82, 2.24) is 4.90 Å². The molecule has 0 bridgehead atoms. The number of nitrogens with zero attached hydrogens (tertiary/aromatic N) is 1. The maximum atomic E-state index is 13.0. The van der Waals surface area contributed by atoms with E-state index in [-0.39, 0.29) is 11.9 Å². The van der Waals surface area contributed by atoms with Crippen LogP contribution in [0.5, 0.6) is 0 Å². The zero-order valence-electron chi connectivity index (χ0n) is 13.3. The third-order valence-corrected chi connectivity index (χ3v) is 4.55. The summed E-state index contributed by atoms with van der Waals surface area (Å²) in [6.07, 6.45) is 2.30. The average Bonchev–Trinajstić information content (AvgIpc) is 3.05. The maximum absolute atomic E-state index is 13.0. The molecule has 1 fully saturated rings. The molecule has 4 heteroatoms. The number of carbonyl (C=O) groups excluding carboxylic acids is 1. The number of halogens is 1. The van der Waals surface area contributed by atoms with Crippen molar-refractivity contribution in [1.29, 1.82) is 0 Å². The Balaban J connectivity index is 1.85. The number of hydrogen-bond acceptors (Lipinski definition) is 2. The zero-order chi connectivity index (χ0) is 16.2. The summed E-state index contributed by atoms with van der Waals surface area (Å²) in [5.41, 5.74) is 2.83. The molecule has 1 atom stereocenters. The molecular formula is C19H21ClN2O. The lowest BCUT2D eigenvalue weighted by atomic mass is 10.0. The van der Waals surface area contributed by atoms with Gasteiger partial charge in [0.05, 0.1) is 0 Å². The summed E-state index contributed by atoms with van der Waals surface area (Å²) in [5.74, 6) is 0.0172. The quantitative estimate of drug-likeness (QED) is 0.900. The minimum atomic E-state index is -0.242. The second-order valence-electron chi connectivity index (χ2n) is 6.00. The largest absolute Gasteiger partial charge is 0.324 e. The highest BCUT2D eigenvalue weighted by Gasteiger charge is 2.29. The van der Waals surface area contributed by atoms with Crippen LogP contribution in [0.25, 0.3) is 0 Å². The molecule has 0 aromatic heterocycles. The Hall–Kier alpha value is -1.84. The van der Waals surface area contributed by atoms with Crippen LogP contribution >= 0.6 is 11.6 Å². The van der Waals surface area contributed by atoms with Gasteiger partial charge in [-0.25, -0.2) is 0 Å². The van der Waals surface area contributed by atoms with Crippen molar-refractivity contribution in [3.05, 3.63) is 64.7 Å². The van der Waals surface area contributed by atoms with Crippen molar-refractivity contribution in [2.45, 2.75) is 25.8 Å². The predicted molar refractivity (Wildman–Crippen MR) is 94.8 cm³/mol. The van der Waals surface area contributed by atoms with Gasteiger partial charge in [0.25, 0.3) is 0 Å². The van der Waals surface area contributed by atoms with E-state index >= 15 is 0 Å². The monoisotopic (exact) mass is 328 g/mol. The van der Waals surface area contributed by atoms with E-state index in [1.54, 1.807) is 6.07 Å². The summed E-state index contributed by atoms with van der Waals surface area (Å²) < 4.78 is 0. The smallest absolute Gasteiger partial charge is 0.246 e. The molecule has 1 unspecified atom stereocenters. The van der Waals surface area contributed by atoms with Crippen molar-refractivity contribution in [2.24, 2.45) is 0 Å². The molecule has 120 valence electrons. The summed E-state index contributed by atoms with van der Waals surface area (Å²) in [6.45, 7) is 3.88. The first-order chi connectivity index (χ1) is 11.1. The molecule has 2 aromatic carbocycles. The fourth-order valence-corrected chi connectivity index (χ4v) is 3.36. The molecular weight excluding hydrogens is 308 g/mol. The summed E-state index contributed by atoms with van der Waals surface area (Å²) in [5, 5.41) is 3.75. The molecule has 0 spiro atoms. The second kappa shape index (κ2) is 7.16. The Bertz CT molecular complexity index is 681. The Morgan fingerprint density at radius 2 is 1.83 bits per heavy atom. The van der Waals surface area contributed by atoms with Crippen LogP contribution in [0.4, 0.5) is 5.69 Å². The van der Waals surface area contributed by atoms with Gasteiger partial charge in [-0.05, 0) is 62.2 Å². The number of anilines is 1. The average molecular weight is 329 g/mol. The maximum Gasteiger partial charge on any atom is 0.246 e. The molecule has 0 radical (unpaired) electrons. The molecule has 1 amide bonds. The van der Waals surface area contributed by atoms with E-state index in [0.717, 1.165) is 42.7 Å². The Morgan fingerprint density at radius 1 is 1.13 bits per heavy atom. The van der Waals surface area contributed by atoms with Crippen LogP contribution < -0.4 is 5.32 Å². The number of rotatable bonds is 4. The number of hydrogen-bond donors (Lipinski definition) is 1. The van der Waals surface area contributed by atoms with Crippen molar-refractivity contribution < 1.29 is 4.79 Å². The fraction of sp³-hybridized carbons (Fsp3) is 0.316. The molecule has 1 N–H and O–H groups in total.